The fraction of sp³-hybridized carbons (Fsp3) is 0.167. The highest BCUT2D eigenvalue weighted by Gasteiger charge is 2.08. The van der Waals surface area contributed by atoms with Gasteiger partial charge in [0.05, 0.1) is 12.2 Å². The molecule has 2 heterocycles. The molecule has 1 N–H and O–H groups in total. The number of rotatable bonds is 6. The van der Waals surface area contributed by atoms with Gasteiger partial charge in [-0.2, -0.15) is 5.10 Å². The molecule has 25 heavy (non-hydrogen) atoms. The van der Waals surface area contributed by atoms with Gasteiger partial charge in [-0.05, 0) is 58.9 Å². The summed E-state index contributed by atoms with van der Waals surface area (Å²) in [5, 5.41) is 7.00. The van der Waals surface area contributed by atoms with Crippen LogP contribution in [0.1, 0.15) is 5.56 Å². The molecule has 2 aromatic heterocycles. The Balaban J connectivity index is 1.52. The minimum absolute atomic E-state index is 0.0921. The Kier molecular flexibility index (Phi) is 5.57. The summed E-state index contributed by atoms with van der Waals surface area (Å²) in [7, 11) is 1.91. The first-order valence-electron chi connectivity index (χ1n) is 7.79. The minimum Gasteiger partial charge on any atom is -0.310 e. The molecule has 0 saturated heterocycles. The van der Waals surface area contributed by atoms with E-state index in [-0.39, 0.29) is 5.91 Å². The number of carbonyl (C=O) groups is 1. The van der Waals surface area contributed by atoms with E-state index in [2.05, 4.69) is 31.3 Å². The first-order valence-corrected chi connectivity index (χ1v) is 8.58. The lowest BCUT2D eigenvalue weighted by Crippen LogP contribution is -2.30. The number of nitrogens with one attached hydrogen (secondary N) is 1. The molecule has 1 amide bonds. The zero-order valence-electron chi connectivity index (χ0n) is 13.8. The highest BCUT2D eigenvalue weighted by molar-refractivity contribution is 9.10. The number of amides is 1. The molecule has 3 rings (SSSR count). The Morgan fingerprint density at radius 1 is 1.24 bits per heavy atom. The van der Waals surface area contributed by atoms with Crippen LogP contribution in [-0.4, -0.2) is 39.2 Å². The van der Waals surface area contributed by atoms with E-state index in [4.69, 9.17) is 0 Å². The molecule has 0 aliphatic heterocycles. The second kappa shape index (κ2) is 8.04. The zero-order valence-corrected chi connectivity index (χ0v) is 15.3. The zero-order chi connectivity index (χ0) is 17.6. The monoisotopic (exact) mass is 399 g/mol. The summed E-state index contributed by atoms with van der Waals surface area (Å²) in [5.41, 5.74) is 2.14. The summed E-state index contributed by atoms with van der Waals surface area (Å²) in [6.45, 7) is 0.971. The molecule has 0 radical (unpaired) electrons. The molecule has 0 aliphatic carbocycles. The van der Waals surface area contributed by atoms with E-state index in [1.54, 1.807) is 18.5 Å². The largest absolute Gasteiger partial charge is 0.310 e. The fourth-order valence-electron chi connectivity index (χ4n) is 2.42. The van der Waals surface area contributed by atoms with Crippen LogP contribution in [0.3, 0.4) is 0 Å². The Hall–Kier alpha value is -2.51. The number of likely N-dealkylation sites (N-methyl/N-ethyl adjacent to an activating group) is 1. The van der Waals surface area contributed by atoms with E-state index in [0.717, 1.165) is 15.7 Å². The number of aromatic nitrogens is 3. The van der Waals surface area contributed by atoms with Crippen LogP contribution in [0.5, 0.6) is 0 Å². The van der Waals surface area contributed by atoms with Crippen LogP contribution in [0.15, 0.2) is 65.5 Å². The van der Waals surface area contributed by atoms with Gasteiger partial charge in [-0.3, -0.25) is 9.69 Å². The molecule has 0 fully saturated rings. The van der Waals surface area contributed by atoms with Crippen molar-refractivity contribution in [1.29, 1.82) is 0 Å². The van der Waals surface area contributed by atoms with E-state index in [1.165, 1.54) is 0 Å². The maximum atomic E-state index is 12.1. The number of pyridine rings is 1. The van der Waals surface area contributed by atoms with Gasteiger partial charge >= 0.3 is 0 Å². The SMILES string of the molecule is CN(CC(=O)Nc1ccc(Br)cn1)Cc1ccc(-n2cccn2)cc1. The van der Waals surface area contributed by atoms with Crippen molar-refractivity contribution in [3.63, 3.8) is 0 Å². The third kappa shape index (κ3) is 4.98. The molecular formula is C18H18BrN5O. The van der Waals surface area contributed by atoms with Gasteiger partial charge in [0.2, 0.25) is 5.91 Å². The number of benzene rings is 1. The average molecular weight is 400 g/mol. The molecule has 7 heteroatoms. The van der Waals surface area contributed by atoms with Crippen LogP contribution in [0, 0.1) is 0 Å². The quantitative estimate of drug-likeness (QED) is 0.691. The summed E-state index contributed by atoms with van der Waals surface area (Å²) >= 11 is 3.32. The smallest absolute Gasteiger partial charge is 0.239 e. The van der Waals surface area contributed by atoms with Crippen LogP contribution in [0.4, 0.5) is 5.82 Å². The van der Waals surface area contributed by atoms with Gasteiger partial charge in [0, 0.05) is 29.6 Å². The summed E-state index contributed by atoms with van der Waals surface area (Å²) < 4.78 is 2.69. The molecule has 0 saturated carbocycles. The Labute approximate surface area is 154 Å². The van der Waals surface area contributed by atoms with Gasteiger partial charge in [-0.15, -0.1) is 0 Å². The van der Waals surface area contributed by atoms with Gasteiger partial charge in [-0.25, -0.2) is 9.67 Å². The highest BCUT2D eigenvalue weighted by atomic mass is 79.9. The molecule has 0 spiro atoms. The standard InChI is InChI=1S/C18H18BrN5O/c1-23(13-18(25)22-17-8-5-15(19)11-20-17)12-14-3-6-16(7-4-14)24-10-2-9-21-24/h2-11H,12-13H2,1H3,(H,20,22,25). The van der Waals surface area contributed by atoms with E-state index in [0.29, 0.717) is 18.9 Å². The molecule has 0 aliphatic rings. The Bertz CT molecular complexity index is 816. The van der Waals surface area contributed by atoms with E-state index in [1.807, 2.05) is 59.2 Å². The second-order valence-corrected chi connectivity index (χ2v) is 6.61. The number of anilines is 1. The van der Waals surface area contributed by atoms with Crippen LogP contribution in [0.25, 0.3) is 5.69 Å². The van der Waals surface area contributed by atoms with Gasteiger partial charge in [0.25, 0.3) is 0 Å². The minimum atomic E-state index is -0.0921. The molecule has 6 nitrogen and oxygen atoms in total. The summed E-state index contributed by atoms with van der Waals surface area (Å²) in [5.74, 6) is 0.454. The summed E-state index contributed by atoms with van der Waals surface area (Å²) in [6.07, 6.45) is 5.31. The van der Waals surface area contributed by atoms with Crippen LogP contribution in [0.2, 0.25) is 0 Å². The topological polar surface area (TPSA) is 63.1 Å². The summed E-state index contributed by atoms with van der Waals surface area (Å²) in [4.78, 5) is 18.2. The van der Waals surface area contributed by atoms with Crippen LogP contribution >= 0.6 is 15.9 Å². The van der Waals surface area contributed by atoms with Crippen LogP contribution < -0.4 is 5.32 Å². The lowest BCUT2D eigenvalue weighted by atomic mass is 10.2. The number of hydrogen-bond acceptors (Lipinski definition) is 4. The van der Waals surface area contributed by atoms with Gasteiger partial charge in [0.15, 0.2) is 0 Å². The predicted molar refractivity (Wildman–Crippen MR) is 100 cm³/mol. The molecule has 3 aromatic rings. The van der Waals surface area contributed by atoms with Crippen molar-refractivity contribution < 1.29 is 4.79 Å². The maximum absolute atomic E-state index is 12.1. The fourth-order valence-corrected chi connectivity index (χ4v) is 2.66. The second-order valence-electron chi connectivity index (χ2n) is 5.70. The third-order valence-corrected chi connectivity index (χ3v) is 4.04. The van der Waals surface area contributed by atoms with Gasteiger partial charge < -0.3 is 5.32 Å². The Morgan fingerprint density at radius 2 is 2.04 bits per heavy atom. The summed E-state index contributed by atoms with van der Waals surface area (Å²) in [6, 6.07) is 13.6. The van der Waals surface area contributed by atoms with E-state index < -0.39 is 0 Å². The molecule has 0 unspecified atom stereocenters. The first-order chi connectivity index (χ1) is 12.1. The van der Waals surface area contributed by atoms with Crippen molar-refractivity contribution >= 4 is 27.7 Å². The first kappa shape index (κ1) is 17.3. The predicted octanol–water partition coefficient (Wildman–Crippen LogP) is 3.10. The lowest BCUT2D eigenvalue weighted by molar-refractivity contribution is -0.117. The molecule has 128 valence electrons. The van der Waals surface area contributed by atoms with Gasteiger partial charge in [0.1, 0.15) is 5.82 Å². The van der Waals surface area contributed by atoms with Crippen molar-refractivity contribution in [1.82, 2.24) is 19.7 Å². The van der Waals surface area contributed by atoms with E-state index in [9.17, 15) is 4.79 Å². The number of hydrogen-bond donors (Lipinski definition) is 1. The molecule has 1 aromatic carbocycles. The Morgan fingerprint density at radius 3 is 2.68 bits per heavy atom. The van der Waals surface area contributed by atoms with Crippen molar-refractivity contribution in [3.8, 4) is 5.69 Å². The van der Waals surface area contributed by atoms with Crippen molar-refractivity contribution in [2.24, 2.45) is 0 Å². The average Bonchev–Trinajstić information content (AvgIpc) is 3.12. The molecule has 0 atom stereocenters. The number of nitrogens with zero attached hydrogens (tertiary/aromatic N) is 4. The van der Waals surface area contributed by atoms with Crippen LogP contribution in [-0.2, 0) is 11.3 Å². The van der Waals surface area contributed by atoms with Crippen molar-refractivity contribution in [2.75, 3.05) is 18.9 Å². The number of carbonyl (C=O) groups excluding carboxylic acids is 1. The highest BCUT2D eigenvalue weighted by Crippen LogP contribution is 2.12. The van der Waals surface area contributed by atoms with Gasteiger partial charge in [-0.1, -0.05) is 12.1 Å². The normalized spacial score (nSPS) is 10.8. The number of halogens is 1. The van der Waals surface area contributed by atoms with E-state index >= 15 is 0 Å². The van der Waals surface area contributed by atoms with Crippen molar-refractivity contribution in [3.05, 3.63) is 71.1 Å². The molecule has 0 bridgehead atoms. The maximum Gasteiger partial charge on any atom is 0.239 e. The van der Waals surface area contributed by atoms with Crippen molar-refractivity contribution in [2.45, 2.75) is 6.54 Å². The molecular weight excluding hydrogens is 382 g/mol. The third-order valence-electron chi connectivity index (χ3n) is 3.57. The lowest BCUT2D eigenvalue weighted by Gasteiger charge is -2.16.